The van der Waals surface area contributed by atoms with E-state index >= 15 is 0 Å². The van der Waals surface area contributed by atoms with Crippen molar-refractivity contribution in [1.29, 1.82) is 0 Å². The van der Waals surface area contributed by atoms with Crippen LogP contribution in [0.2, 0.25) is 5.02 Å². The third-order valence-electron chi connectivity index (χ3n) is 10.8. The van der Waals surface area contributed by atoms with Crippen molar-refractivity contribution in [3.63, 3.8) is 0 Å². The fourth-order valence-corrected chi connectivity index (χ4v) is 7.72. The number of nitrogens with one attached hydrogen (secondary N) is 1. The van der Waals surface area contributed by atoms with E-state index < -0.39 is 11.7 Å². The lowest BCUT2D eigenvalue weighted by Gasteiger charge is -2.34. The highest BCUT2D eigenvalue weighted by molar-refractivity contribution is 6.30. The van der Waals surface area contributed by atoms with Gasteiger partial charge >= 0.3 is 6.18 Å². The third-order valence-corrected chi connectivity index (χ3v) is 11.1. The summed E-state index contributed by atoms with van der Waals surface area (Å²) in [6, 6.07) is 23.9. The number of alkyl halides is 3. The van der Waals surface area contributed by atoms with Crippen molar-refractivity contribution in [1.82, 2.24) is 20.0 Å². The first-order chi connectivity index (χ1) is 27.6. The van der Waals surface area contributed by atoms with Crippen LogP contribution >= 0.6 is 11.6 Å². The number of hydrogen-bond acceptors (Lipinski definition) is 6. The molecule has 3 amide bonds. The fourth-order valence-electron chi connectivity index (χ4n) is 7.59. The zero-order valence-electron chi connectivity index (χ0n) is 32.1. The molecule has 0 atom stereocenters. The number of amides is 3. The Balaban J connectivity index is 0.805. The molecular weight excluding hydrogens is 757 g/mol. The maximum atomic E-state index is 13.6. The molecule has 6 rings (SSSR count). The predicted octanol–water partition coefficient (Wildman–Crippen LogP) is 7.46. The van der Waals surface area contributed by atoms with E-state index in [1.54, 1.807) is 29.2 Å². The van der Waals surface area contributed by atoms with Crippen molar-refractivity contribution in [2.24, 2.45) is 0 Å². The number of likely N-dealkylation sites (tertiary alicyclic amines) is 1. The highest BCUT2D eigenvalue weighted by atomic mass is 35.5. The summed E-state index contributed by atoms with van der Waals surface area (Å²) in [7, 11) is 0. The quantitative estimate of drug-likeness (QED) is 0.118. The van der Waals surface area contributed by atoms with E-state index in [4.69, 9.17) is 21.1 Å². The summed E-state index contributed by atoms with van der Waals surface area (Å²) < 4.78 is 51.9. The molecule has 2 fully saturated rings. The van der Waals surface area contributed by atoms with Crippen molar-refractivity contribution in [3.05, 3.63) is 118 Å². The summed E-state index contributed by atoms with van der Waals surface area (Å²) in [5, 5.41) is 3.94. The Morgan fingerprint density at radius 1 is 0.737 bits per heavy atom. The van der Waals surface area contributed by atoms with Gasteiger partial charge in [-0.2, -0.15) is 13.2 Å². The Morgan fingerprint density at radius 3 is 2.11 bits per heavy atom. The van der Waals surface area contributed by atoms with E-state index in [2.05, 4.69) is 22.3 Å². The van der Waals surface area contributed by atoms with Gasteiger partial charge in [-0.3, -0.25) is 19.3 Å². The Labute approximate surface area is 337 Å². The van der Waals surface area contributed by atoms with Crippen molar-refractivity contribution in [2.75, 3.05) is 78.8 Å². The molecule has 2 heterocycles. The van der Waals surface area contributed by atoms with Gasteiger partial charge in [0, 0.05) is 62.0 Å². The average molecular weight is 807 g/mol. The molecule has 9 nitrogen and oxygen atoms in total. The highest BCUT2D eigenvalue weighted by Crippen LogP contribution is 2.36. The molecule has 0 aromatic heterocycles. The standard InChI is InChI=1S/C44H50ClF3N4O5/c45-36-15-9-32(10-16-36)4-3-21-50-24-26-51(27-25-50)41(53)19-28-56-30-31-57-29-20-49-42(54)35-13-11-33(12-14-35)34-17-22-52(23-18-34)43(55)39-7-1-6-38-37(39)5-2-8-40(38)44(46,47)48/h1-2,5-16,34H,3-4,17-31H2,(H,49,54). The van der Waals surface area contributed by atoms with Gasteiger partial charge in [0.1, 0.15) is 0 Å². The summed E-state index contributed by atoms with van der Waals surface area (Å²) in [6.07, 6.45) is -0.672. The molecule has 2 saturated heterocycles. The van der Waals surface area contributed by atoms with Gasteiger partial charge < -0.3 is 24.6 Å². The SMILES string of the molecule is O=C(NCCOCCOCCC(=O)N1CCN(CCCc2ccc(Cl)cc2)CC1)c1ccc(C2CCN(C(=O)c3cccc4c(C(F)(F)F)cccc34)CC2)cc1. The van der Waals surface area contributed by atoms with Crippen LogP contribution in [0.1, 0.15) is 69.0 Å². The summed E-state index contributed by atoms with van der Waals surface area (Å²) in [6.45, 7) is 6.94. The molecule has 0 saturated carbocycles. The Hall–Kier alpha value is -4.49. The van der Waals surface area contributed by atoms with E-state index in [0.717, 1.165) is 62.2 Å². The van der Waals surface area contributed by atoms with Crippen LogP contribution in [0.25, 0.3) is 10.8 Å². The molecule has 0 radical (unpaired) electrons. The minimum absolute atomic E-state index is 0.0205. The lowest BCUT2D eigenvalue weighted by Crippen LogP contribution is -2.49. The van der Waals surface area contributed by atoms with E-state index in [0.29, 0.717) is 76.3 Å². The molecule has 4 aromatic carbocycles. The minimum Gasteiger partial charge on any atom is -0.379 e. The van der Waals surface area contributed by atoms with Gasteiger partial charge in [0.05, 0.1) is 38.4 Å². The van der Waals surface area contributed by atoms with Crippen LogP contribution in [-0.4, -0.2) is 111 Å². The summed E-state index contributed by atoms with van der Waals surface area (Å²) in [5.74, 6) is -0.171. The molecule has 2 aliphatic heterocycles. The summed E-state index contributed by atoms with van der Waals surface area (Å²) in [5.41, 5.74) is 2.41. The molecular formula is C44H50ClF3N4O5. The van der Waals surface area contributed by atoms with E-state index in [9.17, 15) is 27.6 Å². The van der Waals surface area contributed by atoms with Gasteiger partial charge in [-0.15, -0.1) is 0 Å². The minimum atomic E-state index is -4.51. The number of fused-ring (bicyclic) bond motifs is 1. The van der Waals surface area contributed by atoms with E-state index in [1.807, 2.05) is 29.2 Å². The lowest BCUT2D eigenvalue weighted by molar-refractivity contribution is -0.136. The first-order valence-corrected chi connectivity index (χ1v) is 20.1. The van der Waals surface area contributed by atoms with E-state index in [1.165, 1.54) is 23.8 Å². The fraction of sp³-hybridized carbons (Fsp3) is 0.432. The van der Waals surface area contributed by atoms with Crippen LogP contribution in [-0.2, 0) is 26.9 Å². The first kappa shape index (κ1) is 42.1. The van der Waals surface area contributed by atoms with Gasteiger partial charge in [-0.1, -0.05) is 60.1 Å². The normalized spacial score (nSPS) is 15.6. The molecule has 0 bridgehead atoms. The number of piperazine rings is 1. The monoisotopic (exact) mass is 806 g/mol. The number of nitrogens with zero attached hydrogens (tertiary/aromatic N) is 3. The number of aryl methyl sites for hydroxylation is 1. The van der Waals surface area contributed by atoms with Crippen molar-refractivity contribution in [2.45, 2.75) is 44.2 Å². The van der Waals surface area contributed by atoms with Crippen LogP contribution in [0.5, 0.6) is 0 Å². The van der Waals surface area contributed by atoms with Gasteiger partial charge in [0.25, 0.3) is 11.8 Å². The number of carbonyl (C=O) groups is 3. The number of carbonyl (C=O) groups excluding carboxylic acids is 3. The third kappa shape index (κ3) is 11.8. The number of benzene rings is 4. The molecule has 1 N–H and O–H groups in total. The molecule has 4 aromatic rings. The van der Waals surface area contributed by atoms with Gasteiger partial charge in [0.15, 0.2) is 0 Å². The zero-order valence-corrected chi connectivity index (χ0v) is 32.8. The highest BCUT2D eigenvalue weighted by Gasteiger charge is 2.33. The first-order valence-electron chi connectivity index (χ1n) is 19.7. The van der Waals surface area contributed by atoms with Crippen molar-refractivity contribution < 1.29 is 37.0 Å². The number of rotatable bonds is 16. The summed E-state index contributed by atoms with van der Waals surface area (Å²) in [4.78, 5) is 44.8. The molecule has 304 valence electrons. The smallest absolute Gasteiger partial charge is 0.379 e. The van der Waals surface area contributed by atoms with Gasteiger partial charge in [0.2, 0.25) is 5.91 Å². The van der Waals surface area contributed by atoms with E-state index in [-0.39, 0.29) is 34.6 Å². The summed E-state index contributed by atoms with van der Waals surface area (Å²) >= 11 is 5.97. The van der Waals surface area contributed by atoms with Crippen LogP contribution in [0.4, 0.5) is 13.2 Å². The number of hydrogen-bond donors (Lipinski definition) is 1. The zero-order chi connectivity index (χ0) is 40.2. The van der Waals surface area contributed by atoms with Gasteiger partial charge in [-0.05, 0) is 96.4 Å². The second-order valence-corrected chi connectivity index (χ2v) is 15.0. The number of ether oxygens (including phenoxy) is 2. The molecule has 2 aliphatic rings. The van der Waals surface area contributed by atoms with Crippen molar-refractivity contribution in [3.8, 4) is 0 Å². The van der Waals surface area contributed by atoms with Crippen LogP contribution in [0, 0.1) is 0 Å². The largest absolute Gasteiger partial charge is 0.417 e. The van der Waals surface area contributed by atoms with Crippen molar-refractivity contribution >= 4 is 40.1 Å². The topological polar surface area (TPSA) is 91.4 Å². The second-order valence-electron chi connectivity index (χ2n) is 14.6. The van der Waals surface area contributed by atoms with Crippen LogP contribution in [0.15, 0.2) is 84.9 Å². The Kier molecular flexibility index (Phi) is 15.0. The maximum absolute atomic E-state index is 13.6. The number of halogens is 4. The predicted molar refractivity (Wildman–Crippen MR) is 215 cm³/mol. The number of piperidine rings is 1. The van der Waals surface area contributed by atoms with Gasteiger partial charge in [-0.25, -0.2) is 0 Å². The maximum Gasteiger partial charge on any atom is 0.417 e. The second kappa shape index (κ2) is 20.3. The lowest BCUT2D eigenvalue weighted by atomic mass is 9.88. The van der Waals surface area contributed by atoms with Crippen LogP contribution < -0.4 is 5.32 Å². The molecule has 57 heavy (non-hydrogen) atoms. The average Bonchev–Trinajstić information content (AvgIpc) is 3.23. The molecule has 0 spiro atoms. The molecule has 0 aliphatic carbocycles. The Morgan fingerprint density at radius 2 is 1.40 bits per heavy atom. The molecule has 0 unspecified atom stereocenters. The Bertz CT molecular complexity index is 1940. The van der Waals surface area contributed by atoms with Crippen LogP contribution in [0.3, 0.4) is 0 Å². The molecule has 13 heteroatoms.